The third-order valence-corrected chi connectivity index (χ3v) is 2.60. The highest BCUT2D eigenvalue weighted by Crippen LogP contribution is 2.16. The van der Waals surface area contributed by atoms with Crippen molar-refractivity contribution >= 4 is 23.9 Å². The molecule has 1 heterocycles. The van der Waals surface area contributed by atoms with Crippen molar-refractivity contribution in [2.45, 2.75) is 6.42 Å². The highest BCUT2D eigenvalue weighted by molar-refractivity contribution is 6.08. The number of carbonyl (C=O) groups excluding carboxylic acids is 2. The van der Waals surface area contributed by atoms with E-state index in [1.807, 2.05) is 0 Å². The quantitative estimate of drug-likeness (QED) is 0.752. The Bertz CT molecular complexity index is 663. The lowest BCUT2D eigenvalue weighted by Gasteiger charge is -2.08. The number of nitrogens with zero attached hydrogens (tertiary/aromatic N) is 1. The summed E-state index contributed by atoms with van der Waals surface area (Å²) in [6.45, 7) is 0. The summed E-state index contributed by atoms with van der Waals surface area (Å²) in [6, 6.07) is 6.69. The van der Waals surface area contributed by atoms with Gasteiger partial charge in [-0.2, -0.15) is 0 Å². The first-order valence-electron chi connectivity index (χ1n) is 5.64. The number of aromatic carboxylic acids is 1. The van der Waals surface area contributed by atoms with Crippen molar-refractivity contribution in [1.82, 2.24) is 9.97 Å². The van der Waals surface area contributed by atoms with Crippen molar-refractivity contribution in [2.24, 2.45) is 0 Å². The van der Waals surface area contributed by atoms with Crippen LogP contribution in [0.5, 0.6) is 0 Å². The van der Waals surface area contributed by atoms with Gasteiger partial charge in [-0.05, 0) is 11.6 Å². The van der Waals surface area contributed by atoms with Crippen molar-refractivity contribution < 1.29 is 19.5 Å². The van der Waals surface area contributed by atoms with Crippen LogP contribution in [-0.4, -0.2) is 33.2 Å². The molecule has 2 aromatic rings. The lowest BCUT2D eigenvalue weighted by atomic mass is 10.1. The van der Waals surface area contributed by atoms with E-state index >= 15 is 0 Å². The van der Waals surface area contributed by atoms with Gasteiger partial charge in [-0.15, -0.1) is 0 Å². The van der Waals surface area contributed by atoms with Gasteiger partial charge in [0.25, 0.3) is 5.91 Å². The summed E-state index contributed by atoms with van der Waals surface area (Å²) < 4.78 is 0. The smallest absolute Gasteiger partial charge is 0.354 e. The van der Waals surface area contributed by atoms with Crippen LogP contribution in [0, 0.1) is 0 Å². The van der Waals surface area contributed by atoms with E-state index in [0.29, 0.717) is 11.3 Å². The third kappa shape index (κ3) is 2.72. The maximum absolute atomic E-state index is 12.0. The molecular formula is C13H10N3O4. The van der Waals surface area contributed by atoms with Crippen molar-refractivity contribution in [1.29, 1.82) is 0 Å². The molecule has 7 heteroatoms. The van der Waals surface area contributed by atoms with Gasteiger partial charge in [0.2, 0.25) is 6.29 Å². The summed E-state index contributed by atoms with van der Waals surface area (Å²) in [7, 11) is 0. The molecule has 101 valence electrons. The average molecular weight is 272 g/mol. The molecule has 20 heavy (non-hydrogen) atoms. The summed E-state index contributed by atoms with van der Waals surface area (Å²) >= 11 is 0. The molecule has 2 rings (SSSR count). The molecule has 0 aliphatic rings. The molecule has 0 saturated heterocycles. The van der Waals surface area contributed by atoms with Crippen molar-refractivity contribution in [3.63, 3.8) is 0 Å². The number of anilines is 1. The fraction of sp³-hybridized carbons (Fsp3) is 0.0769. The molecule has 1 aromatic heterocycles. The van der Waals surface area contributed by atoms with Crippen molar-refractivity contribution in [2.75, 3.05) is 5.32 Å². The first kappa shape index (κ1) is 13.5. The van der Waals surface area contributed by atoms with E-state index in [-0.39, 0.29) is 17.8 Å². The van der Waals surface area contributed by atoms with E-state index in [1.165, 1.54) is 0 Å². The van der Waals surface area contributed by atoms with E-state index in [4.69, 9.17) is 5.11 Å². The minimum atomic E-state index is -1.28. The van der Waals surface area contributed by atoms with E-state index in [9.17, 15) is 14.4 Å². The highest BCUT2D eigenvalue weighted by atomic mass is 16.4. The normalized spacial score (nSPS) is 10.0. The molecule has 1 radical (unpaired) electrons. The Hall–Kier alpha value is -2.96. The number of amides is 1. The van der Waals surface area contributed by atoms with Crippen LogP contribution in [0.3, 0.4) is 0 Å². The van der Waals surface area contributed by atoms with Gasteiger partial charge in [0.05, 0.1) is 6.33 Å². The Kier molecular flexibility index (Phi) is 3.90. The zero-order chi connectivity index (χ0) is 14.5. The number of carbonyl (C=O) groups is 2. The second kappa shape index (κ2) is 5.79. The second-order valence-electron chi connectivity index (χ2n) is 3.86. The third-order valence-electron chi connectivity index (χ3n) is 2.60. The van der Waals surface area contributed by atoms with Crippen molar-refractivity contribution in [3.05, 3.63) is 47.5 Å². The molecule has 0 bridgehead atoms. The molecular weight excluding hydrogens is 262 g/mol. The SMILES string of the molecule is O=[C]Cc1ccccc1NC(=O)c1nc[nH]c1C(=O)O. The fourth-order valence-corrected chi connectivity index (χ4v) is 1.69. The van der Waals surface area contributed by atoms with Gasteiger partial charge in [-0.3, -0.25) is 9.59 Å². The van der Waals surface area contributed by atoms with Crippen LogP contribution in [0.15, 0.2) is 30.6 Å². The van der Waals surface area contributed by atoms with Crippen molar-refractivity contribution in [3.8, 4) is 0 Å². The molecule has 0 fully saturated rings. The zero-order valence-electron chi connectivity index (χ0n) is 10.2. The number of imidazole rings is 1. The average Bonchev–Trinajstić information content (AvgIpc) is 2.91. The van der Waals surface area contributed by atoms with E-state index in [2.05, 4.69) is 15.3 Å². The van der Waals surface area contributed by atoms with E-state index < -0.39 is 11.9 Å². The number of para-hydroxylation sites is 1. The van der Waals surface area contributed by atoms with E-state index in [1.54, 1.807) is 30.6 Å². The minimum Gasteiger partial charge on any atom is -0.477 e. The molecule has 0 aliphatic carbocycles. The van der Waals surface area contributed by atoms with Gasteiger partial charge in [0.15, 0.2) is 11.4 Å². The summed E-state index contributed by atoms with van der Waals surface area (Å²) in [5.41, 5.74) is 0.493. The van der Waals surface area contributed by atoms with Crippen LogP contribution in [0.25, 0.3) is 0 Å². The lowest BCUT2D eigenvalue weighted by Crippen LogP contribution is -2.17. The summed E-state index contributed by atoms with van der Waals surface area (Å²) in [5.74, 6) is -1.94. The van der Waals surface area contributed by atoms with Crippen LogP contribution in [0.4, 0.5) is 5.69 Å². The molecule has 7 nitrogen and oxygen atoms in total. The largest absolute Gasteiger partial charge is 0.477 e. The Labute approximate surface area is 113 Å². The summed E-state index contributed by atoms with van der Waals surface area (Å²) in [5, 5.41) is 11.4. The Morgan fingerprint density at radius 3 is 2.80 bits per heavy atom. The van der Waals surface area contributed by atoms with Gasteiger partial charge in [0.1, 0.15) is 0 Å². The molecule has 3 N–H and O–H groups in total. The van der Waals surface area contributed by atoms with Gasteiger partial charge in [-0.1, -0.05) is 18.2 Å². The number of carboxylic acids is 1. The van der Waals surface area contributed by atoms with Crippen LogP contribution >= 0.6 is 0 Å². The Balaban J connectivity index is 2.26. The first-order valence-corrected chi connectivity index (χ1v) is 5.64. The number of carboxylic acid groups (broad SMARTS) is 1. The maximum atomic E-state index is 12.0. The first-order chi connectivity index (χ1) is 9.63. The molecule has 0 atom stereocenters. The number of H-pyrrole nitrogens is 1. The molecule has 1 amide bonds. The monoisotopic (exact) mass is 272 g/mol. The van der Waals surface area contributed by atoms with Gasteiger partial charge in [0, 0.05) is 12.1 Å². The van der Waals surface area contributed by atoms with Crippen LogP contribution in [-0.2, 0) is 11.2 Å². The summed E-state index contributed by atoms with van der Waals surface area (Å²) in [6.07, 6.45) is 2.90. The van der Waals surface area contributed by atoms with Gasteiger partial charge in [-0.25, -0.2) is 9.78 Å². The molecule has 0 unspecified atom stereocenters. The highest BCUT2D eigenvalue weighted by Gasteiger charge is 2.20. The topological polar surface area (TPSA) is 112 Å². The Morgan fingerprint density at radius 1 is 1.35 bits per heavy atom. The maximum Gasteiger partial charge on any atom is 0.354 e. The number of aromatic nitrogens is 2. The molecule has 1 aromatic carbocycles. The number of benzene rings is 1. The second-order valence-corrected chi connectivity index (χ2v) is 3.86. The number of hydrogen-bond acceptors (Lipinski definition) is 4. The minimum absolute atomic E-state index is 0.0306. The predicted octanol–water partition coefficient (Wildman–Crippen LogP) is 1.01. The summed E-state index contributed by atoms with van der Waals surface area (Å²) in [4.78, 5) is 39.4. The number of nitrogens with one attached hydrogen (secondary N) is 2. The lowest BCUT2D eigenvalue weighted by molar-refractivity contribution is 0.0686. The fourth-order valence-electron chi connectivity index (χ4n) is 1.69. The molecule has 0 saturated carbocycles. The standard InChI is InChI=1S/C13H10N3O4/c17-6-5-8-3-1-2-4-9(8)16-12(18)10-11(13(19)20)15-7-14-10/h1-4,7H,5H2,(H,14,15)(H,16,18)(H,19,20). The number of hydrogen-bond donors (Lipinski definition) is 3. The van der Waals surface area contributed by atoms with Crippen LogP contribution < -0.4 is 5.32 Å². The predicted molar refractivity (Wildman–Crippen MR) is 69.3 cm³/mol. The van der Waals surface area contributed by atoms with Crippen LogP contribution in [0.2, 0.25) is 0 Å². The molecule has 0 spiro atoms. The number of rotatable bonds is 5. The van der Waals surface area contributed by atoms with E-state index in [0.717, 1.165) is 6.33 Å². The Morgan fingerprint density at radius 2 is 2.10 bits per heavy atom. The number of aromatic amines is 1. The molecule has 0 aliphatic heterocycles. The van der Waals surface area contributed by atoms with Crippen LogP contribution in [0.1, 0.15) is 26.5 Å². The van der Waals surface area contributed by atoms with Gasteiger partial charge < -0.3 is 15.4 Å². The van der Waals surface area contributed by atoms with Gasteiger partial charge >= 0.3 is 5.97 Å². The zero-order valence-corrected chi connectivity index (χ0v) is 10.2.